The maximum Gasteiger partial charge on any atom is 0.243 e. The van der Waals surface area contributed by atoms with Crippen LogP contribution in [0.25, 0.3) is 0 Å². The Morgan fingerprint density at radius 2 is 2.09 bits per heavy atom. The topological polar surface area (TPSA) is 49.4 Å². The smallest absolute Gasteiger partial charge is 0.243 e. The lowest BCUT2D eigenvalue weighted by molar-refractivity contribution is 0.300. The summed E-state index contributed by atoms with van der Waals surface area (Å²) in [5, 5.41) is 3.67. The normalized spacial score (nSPS) is 13.5. The van der Waals surface area contributed by atoms with Crippen LogP contribution < -0.4 is 4.72 Å². The molecule has 2 rings (SSSR count). The minimum atomic E-state index is -3.97. The molecule has 0 saturated carbocycles. The number of halogens is 2. The Hall–Kier alpha value is -0.990. The number of hydrogen-bond donors (Lipinski definition) is 1. The molecule has 0 aliphatic carbocycles. The van der Waals surface area contributed by atoms with Crippen molar-refractivity contribution >= 4 is 33.0 Å². The van der Waals surface area contributed by atoms with E-state index >= 15 is 0 Å². The molecule has 0 aliphatic heterocycles. The standard InChI is InChI=1S/C14H16ClFN2O2S2/c1-18(2)12(10-6-7-21-9-10)8-17-22(19,20)13-5-3-4-11(15)14(13)16/h3-7,9,12,17H,8H2,1-2H3. The van der Waals surface area contributed by atoms with Crippen LogP contribution in [0.3, 0.4) is 0 Å². The van der Waals surface area contributed by atoms with Crippen LogP contribution in [0.4, 0.5) is 4.39 Å². The summed E-state index contributed by atoms with van der Waals surface area (Å²) in [6.45, 7) is 0.137. The first-order valence-corrected chi connectivity index (χ1v) is 9.25. The third-order valence-corrected chi connectivity index (χ3v) is 5.66. The Kier molecular flexibility index (Phi) is 5.57. The van der Waals surface area contributed by atoms with Crippen LogP contribution in [-0.2, 0) is 10.0 Å². The van der Waals surface area contributed by atoms with E-state index in [2.05, 4.69) is 4.72 Å². The molecular weight excluding hydrogens is 347 g/mol. The molecule has 0 fully saturated rings. The minimum absolute atomic E-state index is 0.136. The molecule has 4 nitrogen and oxygen atoms in total. The molecule has 0 spiro atoms. The van der Waals surface area contributed by atoms with Crippen molar-refractivity contribution in [3.05, 3.63) is 51.4 Å². The summed E-state index contributed by atoms with van der Waals surface area (Å²) in [6.07, 6.45) is 0. The van der Waals surface area contributed by atoms with Crippen molar-refractivity contribution in [2.24, 2.45) is 0 Å². The van der Waals surface area contributed by atoms with E-state index in [0.717, 1.165) is 5.56 Å². The lowest BCUT2D eigenvalue weighted by Gasteiger charge is -2.24. The molecule has 1 heterocycles. The number of thiophene rings is 1. The lowest BCUT2D eigenvalue weighted by atomic mass is 10.1. The molecule has 1 aromatic heterocycles. The lowest BCUT2D eigenvalue weighted by Crippen LogP contribution is -2.34. The van der Waals surface area contributed by atoms with E-state index in [1.807, 2.05) is 35.8 Å². The fraction of sp³-hybridized carbons (Fsp3) is 0.286. The molecular formula is C14H16ClFN2O2S2. The molecule has 1 atom stereocenters. The molecule has 2 aromatic rings. The Morgan fingerprint density at radius 1 is 1.36 bits per heavy atom. The maximum absolute atomic E-state index is 13.9. The minimum Gasteiger partial charge on any atom is -0.301 e. The SMILES string of the molecule is CN(C)C(CNS(=O)(=O)c1cccc(Cl)c1F)c1ccsc1. The van der Waals surface area contributed by atoms with Crippen LogP contribution >= 0.6 is 22.9 Å². The van der Waals surface area contributed by atoms with Crippen LogP contribution in [0.15, 0.2) is 39.9 Å². The van der Waals surface area contributed by atoms with Gasteiger partial charge in [0.1, 0.15) is 4.90 Å². The summed E-state index contributed by atoms with van der Waals surface area (Å²) in [5.74, 6) is -0.936. The van der Waals surface area contributed by atoms with Gasteiger partial charge in [0.05, 0.1) is 5.02 Å². The molecule has 0 saturated heterocycles. The van der Waals surface area contributed by atoms with Crippen molar-refractivity contribution in [1.82, 2.24) is 9.62 Å². The van der Waals surface area contributed by atoms with Gasteiger partial charge in [0.15, 0.2) is 5.82 Å². The zero-order chi connectivity index (χ0) is 16.3. The van der Waals surface area contributed by atoms with E-state index < -0.39 is 20.7 Å². The summed E-state index contributed by atoms with van der Waals surface area (Å²) in [4.78, 5) is 1.46. The number of nitrogens with one attached hydrogen (secondary N) is 1. The molecule has 0 radical (unpaired) electrons. The van der Waals surface area contributed by atoms with E-state index in [1.54, 1.807) is 0 Å². The summed E-state index contributed by atoms with van der Waals surface area (Å²) < 4.78 is 40.9. The van der Waals surface area contributed by atoms with E-state index in [1.165, 1.54) is 29.5 Å². The van der Waals surface area contributed by atoms with Crippen LogP contribution in [0.5, 0.6) is 0 Å². The van der Waals surface area contributed by atoms with E-state index in [4.69, 9.17) is 11.6 Å². The zero-order valence-electron chi connectivity index (χ0n) is 12.1. The van der Waals surface area contributed by atoms with Crippen LogP contribution in [0.2, 0.25) is 5.02 Å². The fourth-order valence-electron chi connectivity index (χ4n) is 2.02. The van der Waals surface area contributed by atoms with Crippen molar-refractivity contribution < 1.29 is 12.8 Å². The second-order valence-corrected chi connectivity index (χ2v) is 7.86. The van der Waals surface area contributed by atoms with E-state index in [0.29, 0.717) is 0 Å². The molecule has 0 aliphatic rings. The first-order chi connectivity index (χ1) is 10.3. The number of benzene rings is 1. The molecule has 22 heavy (non-hydrogen) atoms. The summed E-state index contributed by atoms with van der Waals surface area (Å²) in [5.41, 5.74) is 1.00. The molecule has 1 N–H and O–H groups in total. The van der Waals surface area contributed by atoms with Crippen LogP contribution in [0.1, 0.15) is 11.6 Å². The fourth-order valence-corrected chi connectivity index (χ4v) is 4.10. The van der Waals surface area contributed by atoms with Gasteiger partial charge >= 0.3 is 0 Å². The Balaban J connectivity index is 2.20. The third-order valence-electron chi connectivity index (χ3n) is 3.22. The highest BCUT2D eigenvalue weighted by Crippen LogP contribution is 2.23. The third kappa shape index (κ3) is 3.85. The van der Waals surface area contributed by atoms with E-state index in [-0.39, 0.29) is 17.6 Å². The van der Waals surface area contributed by atoms with Crippen molar-refractivity contribution in [3.63, 3.8) is 0 Å². The van der Waals surface area contributed by atoms with Crippen LogP contribution in [-0.4, -0.2) is 34.0 Å². The number of hydrogen-bond acceptors (Lipinski definition) is 4. The molecule has 120 valence electrons. The highest BCUT2D eigenvalue weighted by atomic mass is 35.5. The number of rotatable bonds is 6. The monoisotopic (exact) mass is 362 g/mol. The van der Waals surface area contributed by atoms with Crippen molar-refractivity contribution in [2.45, 2.75) is 10.9 Å². The Morgan fingerprint density at radius 3 is 2.68 bits per heavy atom. The van der Waals surface area contributed by atoms with Crippen molar-refractivity contribution in [1.29, 1.82) is 0 Å². The van der Waals surface area contributed by atoms with Gasteiger partial charge in [0.25, 0.3) is 0 Å². The second-order valence-electron chi connectivity index (χ2n) is 4.94. The predicted octanol–water partition coefficient (Wildman–Crippen LogP) is 3.12. The molecule has 1 aromatic carbocycles. The Labute approximate surface area is 138 Å². The van der Waals surface area contributed by atoms with Crippen LogP contribution in [0, 0.1) is 5.82 Å². The number of likely N-dealkylation sites (N-methyl/N-ethyl adjacent to an activating group) is 1. The van der Waals surface area contributed by atoms with Gasteiger partial charge in [0, 0.05) is 12.6 Å². The first-order valence-electron chi connectivity index (χ1n) is 6.45. The summed E-state index contributed by atoms with van der Waals surface area (Å²) >= 11 is 7.18. The van der Waals surface area contributed by atoms with Crippen molar-refractivity contribution in [3.8, 4) is 0 Å². The zero-order valence-corrected chi connectivity index (χ0v) is 14.5. The Bertz CT molecular complexity index is 733. The van der Waals surface area contributed by atoms with Gasteiger partial charge < -0.3 is 4.90 Å². The first kappa shape index (κ1) is 17.4. The van der Waals surface area contributed by atoms with Gasteiger partial charge in [-0.15, -0.1) is 0 Å². The van der Waals surface area contributed by atoms with Crippen molar-refractivity contribution in [2.75, 3.05) is 20.6 Å². The summed E-state index contributed by atoms with van der Waals surface area (Å²) in [7, 11) is -0.250. The number of sulfonamides is 1. The average molecular weight is 363 g/mol. The van der Waals surface area contributed by atoms with E-state index in [9.17, 15) is 12.8 Å². The van der Waals surface area contributed by atoms with Gasteiger partial charge in [-0.05, 0) is 48.6 Å². The molecule has 0 amide bonds. The quantitative estimate of drug-likeness (QED) is 0.858. The summed E-state index contributed by atoms with van der Waals surface area (Å²) in [6, 6.07) is 5.71. The predicted molar refractivity (Wildman–Crippen MR) is 87.3 cm³/mol. The highest BCUT2D eigenvalue weighted by molar-refractivity contribution is 7.89. The van der Waals surface area contributed by atoms with Gasteiger partial charge in [-0.1, -0.05) is 17.7 Å². The largest absolute Gasteiger partial charge is 0.301 e. The van der Waals surface area contributed by atoms with Gasteiger partial charge in [-0.25, -0.2) is 17.5 Å². The van der Waals surface area contributed by atoms with Gasteiger partial charge in [0.2, 0.25) is 10.0 Å². The van der Waals surface area contributed by atoms with Gasteiger partial charge in [-0.2, -0.15) is 11.3 Å². The highest BCUT2D eigenvalue weighted by Gasteiger charge is 2.23. The van der Waals surface area contributed by atoms with Gasteiger partial charge in [-0.3, -0.25) is 0 Å². The molecule has 8 heteroatoms. The number of nitrogens with zero attached hydrogens (tertiary/aromatic N) is 1. The second kappa shape index (κ2) is 7.06. The molecule has 0 bridgehead atoms. The maximum atomic E-state index is 13.9. The average Bonchev–Trinajstić information content (AvgIpc) is 2.95. The molecule has 1 unspecified atom stereocenters.